The minimum atomic E-state index is -0.632. The van der Waals surface area contributed by atoms with Gasteiger partial charge in [-0.2, -0.15) is 15.5 Å². The van der Waals surface area contributed by atoms with Gasteiger partial charge in [-0.25, -0.2) is 9.49 Å². The number of benzene rings is 2. The summed E-state index contributed by atoms with van der Waals surface area (Å²) in [5, 5.41) is 21.5. The Balaban J connectivity index is 1.79. The minimum Gasteiger partial charge on any atom is -0.453 e. The largest absolute Gasteiger partial charge is 0.453 e. The van der Waals surface area contributed by atoms with Gasteiger partial charge in [0.05, 0.1) is 28.5 Å². The molecule has 5 rings (SSSR count). The van der Waals surface area contributed by atoms with Gasteiger partial charge in [0.25, 0.3) is 5.56 Å². The standard InChI is InChI=1S/C21H15FN6O3/c1-28-19(18-13(6-23)20-17(5-15(18)22)30-9-31-20)14(8-25-28)10-2-3-11-12(4-10)16(7-24)26-27-21(11)29/h2-5,8H,7,9,24H2,1H3,(H,27,29). The van der Waals surface area contributed by atoms with Crippen LogP contribution in [0.3, 0.4) is 0 Å². The molecule has 0 atom stereocenters. The molecule has 0 saturated heterocycles. The van der Waals surface area contributed by atoms with Crippen LogP contribution in [0.2, 0.25) is 0 Å². The monoisotopic (exact) mass is 418 g/mol. The maximum absolute atomic E-state index is 15.2. The molecule has 0 radical (unpaired) electrons. The second-order valence-electron chi connectivity index (χ2n) is 6.95. The fourth-order valence-electron chi connectivity index (χ4n) is 3.84. The molecule has 154 valence electrons. The Morgan fingerprint density at radius 3 is 2.94 bits per heavy atom. The number of hydrogen-bond donors (Lipinski definition) is 2. The molecular formula is C21H15FN6O3. The molecule has 0 unspecified atom stereocenters. The number of nitriles is 1. The number of aromatic amines is 1. The molecular weight excluding hydrogens is 403 g/mol. The molecule has 0 amide bonds. The number of hydrogen-bond acceptors (Lipinski definition) is 7. The lowest BCUT2D eigenvalue weighted by atomic mass is 9.95. The van der Waals surface area contributed by atoms with Crippen LogP contribution in [0.5, 0.6) is 11.5 Å². The molecule has 0 saturated carbocycles. The summed E-state index contributed by atoms with van der Waals surface area (Å²) < 4.78 is 27.3. The van der Waals surface area contributed by atoms with Crippen LogP contribution in [-0.4, -0.2) is 26.8 Å². The summed E-state index contributed by atoms with van der Waals surface area (Å²) in [5.41, 5.74) is 7.68. The summed E-state index contributed by atoms with van der Waals surface area (Å²) in [6.07, 6.45) is 1.57. The smallest absolute Gasteiger partial charge is 0.272 e. The van der Waals surface area contributed by atoms with E-state index in [2.05, 4.69) is 15.3 Å². The highest BCUT2D eigenvalue weighted by Gasteiger charge is 2.29. The second kappa shape index (κ2) is 6.93. The van der Waals surface area contributed by atoms with Crippen LogP contribution in [0.15, 0.2) is 35.3 Å². The fraction of sp³-hybridized carbons (Fsp3) is 0.143. The Labute approximate surface area is 174 Å². The van der Waals surface area contributed by atoms with Crippen LogP contribution in [0, 0.1) is 17.1 Å². The molecule has 0 bridgehead atoms. The van der Waals surface area contributed by atoms with Crippen molar-refractivity contribution in [2.45, 2.75) is 6.54 Å². The van der Waals surface area contributed by atoms with Crippen molar-refractivity contribution in [1.82, 2.24) is 20.0 Å². The minimum absolute atomic E-state index is 0.0268. The lowest BCUT2D eigenvalue weighted by molar-refractivity contribution is 0.173. The average molecular weight is 418 g/mol. The number of aryl methyl sites for hydroxylation is 1. The van der Waals surface area contributed by atoms with Gasteiger partial charge in [-0.05, 0) is 17.7 Å². The topological polar surface area (TPSA) is 132 Å². The molecule has 10 heteroatoms. The van der Waals surface area contributed by atoms with E-state index in [-0.39, 0.29) is 41.5 Å². The van der Waals surface area contributed by atoms with E-state index in [1.807, 2.05) is 6.07 Å². The van der Waals surface area contributed by atoms with Gasteiger partial charge < -0.3 is 15.2 Å². The van der Waals surface area contributed by atoms with Gasteiger partial charge in [-0.3, -0.25) is 9.48 Å². The maximum Gasteiger partial charge on any atom is 0.272 e. The zero-order valence-corrected chi connectivity index (χ0v) is 16.3. The highest BCUT2D eigenvalue weighted by Crippen LogP contribution is 2.44. The molecule has 3 heterocycles. The molecule has 1 aliphatic rings. The van der Waals surface area contributed by atoms with Crippen molar-refractivity contribution in [2.24, 2.45) is 12.8 Å². The highest BCUT2D eigenvalue weighted by atomic mass is 19.1. The van der Waals surface area contributed by atoms with Crippen LogP contribution >= 0.6 is 0 Å². The SMILES string of the molecule is Cn1ncc(-c2ccc3c(=O)[nH]nc(CN)c3c2)c1-c1c(F)cc2c(c1C#N)OCO2. The summed E-state index contributed by atoms with van der Waals surface area (Å²) in [7, 11) is 1.66. The van der Waals surface area contributed by atoms with Crippen molar-refractivity contribution in [3.8, 4) is 40.0 Å². The Morgan fingerprint density at radius 1 is 1.32 bits per heavy atom. The molecule has 4 aromatic rings. The molecule has 0 fully saturated rings. The maximum atomic E-state index is 15.2. The summed E-state index contributed by atoms with van der Waals surface area (Å²) in [5.74, 6) is -0.247. The number of ether oxygens (including phenoxy) is 2. The second-order valence-corrected chi connectivity index (χ2v) is 6.95. The molecule has 0 spiro atoms. The Bertz CT molecular complexity index is 1470. The number of fused-ring (bicyclic) bond motifs is 2. The van der Waals surface area contributed by atoms with E-state index < -0.39 is 5.82 Å². The van der Waals surface area contributed by atoms with Gasteiger partial charge in [0.15, 0.2) is 11.5 Å². The van der Waals surface area contributed by atoms with Gasteiger partial charge in [0.2, 0.25) is 6.79 Å². The fourth-order valence-corrected chi connectivity index (χ4v) is 3.84. The predicted molar refractivity (Wildman–Crippen MR) is 109 cm³/mol. The van der Waals surface area contributed by atoms with Gasteiger partial charge >= 0.3 is 0 Å². The van der Waals surface area contributed by atoms with Crippen molar-refractivity contribution in [1.29, 1.82) is 5.26 Å². The van der Waals surface area contributed by atoms with E-state index in [4.69, 9.17) is 15.2 Å². The van der Waals surface area contributed by atoms with Gasteiger partial charge in [0, 0.05) is 30.6 Å². The first-order valence-electron chi connectivity index (χ1n) is 9.29. The summed E-state index contributed by atoms with van der Waals surface area (Å²) in [4.78, 5) is 12.1. The highest BCUT2D eigenvalue weighted by molar-refractivity contribution is 5.92. The van der Waals surface area contributed by atoms with Crippen LogP contribution in [0.4, 0.5) is 4.39 Å². The Kier molecular flexibility index (Phi) is 4.20. The normalized spacial score (nSPS) is 12.3. The summed E-state index contributed by atoms with van der Waals surface area (Å²) >= 11 is 0. The van der Waals surface area contributed by atoms with Gasteiger partial charge in [-0.1, -0.05) is 6.07 Å². The predicted octanol–water partition coefficient (Wildman–Crippen LogP) is 2.19. The molecule has 2 aromatic carbocycles. The number of nitrogens with zero attached hydrogens (tertiary/aromatic N) is 4. The van der Waals surface area contributed by atoms with Crippen molar-refractivity contribution < 1.29 is 13.9 Å². The molecule has 3 N–H and O–H groups in total. The van der Waals surface area contributed by atoms with E-state index in [0.717, 1.165) is 0 Å². The first-order valence-corrected chi connectivity index (χ1v) is 9.29. The van der Waals surface area contributed by atoms with Crippen molar-refractivity contribution >= 4 is 10.8 Å². The van der Waals surface area contributed by atoms with E-state index in [1.54, 1.807) is 31.4 Å². The average Bonchev–Trinajstić information content (AvgIpc) is 3.39. The van der Waals surface area contributed by atoms with Crippen LogP contribution in [0.1, 0.15) is 11.3 Å². The van der Waals surface area contributed by atoms with Crippen LogP contribution in [0.25, 0.3) is 33.2 Å². The van der Waals surface area contributed by atoms with Gasteiger partial charge in [-0.15, -0.1) is 0 Å². The van der Waals surface area contributed by atoms with Gasteiger partial charge in [0.1, 0.15) is 17.4 Å². The molecule has 9 nitrogen and oxygen atoms in total. The third-order valence-corrected chi connectivity index (χ3v) is 5.27. The zero-order valence-electron chi connectivity index (χ0n) is 16.3. The van der Waals surface area contributed by atoms with E-state index in [0.29, 0.717) is 33.3 Å². The third-order valence-electron chi connectivity index (χ3n) is 5.27. The first kappa shape index (κ1) is 18.8. The Morgan fingerprint density at radius 2 is 2.16 bits per heavy atom. The van der Waals surface area contributed by atoms with Crippen molar-refractivity contribution in [3.63, 3.8) is 0 Å². The van der Waals surface area contributed by atoms with Crippen molar-refractivity contribution in [3.05, 3.63) is 57.9 Å². The number of nitrogens with two attached hydrogens (primary N) is 1. The number of rotatable bonds is 3. The van der Waals surface area contributed by atoms with E-state index in [9.17, 15) is 10.1 Å². The lowest BCUT2D eigenvalue weighted by Gasteiger charge is -2.12. The third kappa shape index (κ3) is 2.75. The summed E-state index contributed by atoms with van der Waals surface area (Å²) in [6, 6.07) is 8.38. The Hall–Kier alpha value is -4.23. The number of halogens is 1. The lowest BCUT2D eigenvalue weighted by Crippen LogP contribution is -2.13. The quantitative estimate of drug-likeness (QED) is 0.521. The molecule has 1 aliphatic heterocycles. The van der Waals surface area contributed by atoms with Crippen LogP contribution in [-0.2, 0) is 13.6 Å². The van der Waals surface area contributed by atoms with Crippen LogP contribution < -0.4 is 20.8 Å². The summed E-state index contributed by atoms with van der Waals surface area (Å²) in [6.45, 7) is 0.0469. The van der Waals surface area contributed by atoms with Crippen molar-refractivity contribution in [2.75, 3.05) is 6.79 Å². The molecule has 2 aromatic heterocycles. The zero-order chi connectivity index (χ0) is 21.7. The first-order chi connectivity index (χ1) is 15.0. The number of aromatic nitrogens is 4. The van der Waals surface area contributed by atoms with E-state index in [1.165, 1.54) is 10.7 Å². The molecule has 0 aliphatic carbocycles. The van der Waals surface area contributed by atoms with E-state index >= 15 is 4.39 Å². The molecule has 31 heavy (non-hydrogen) atoms. The number of H-pyrrole nitrogens is 1. The number of nitrogens with one attached hydrogen (secondary N) is 1.